The summed E-state index contributed by atoms with van der Waals surface area (Å²) >= 11 is 0. The third kappa shape index (κ3) is 3.72. The van der Waals surface area contributed by atoms with Crippen molar-refractivity contribution >= 4 is 6.08 Å². The fourth-order valence-corrected chi connectivity index (χ4v) is 3.63. The maximum atomic E-state index is 5.49. The van der Waals surface area contributed by atoms with Gasteiger partial charge in [-0.1, -0.05) is 24.3 Å². The lowest BCUT2D eigenvalue weighted by Gasteiger charge is -2.25. The van der Waals surface area contributed by atoms with Crippen molar-refractivity contribution in [2.75, 3.05) is 0 Å². The first kappa shape index (κ1) is 18.2. The molecule has 0 saturated carbocycles. The second kappa shape index (κ2) is 7.55. The van der Waals surface area contributed by atoms with Crippen LogP contribution in [0.2, 0.25) is 0 Å². The van der Waals surface area contributed by atoms with E-state index in [0.29, 0.717) is 17.5 Å². The Morgan fingerprint density at radius 1 is 0.967 bits per heavy atom. The standard InChI is InChI=1S/C24H21N5O/c1-16-11-20(7-9-25-16)19-5-3-18(4-6-19)14-29-10-8-21-12-23(26-13-22(21)15-29)24-28-27-17(2)30-24/h3-13H,14-15H2,1-2H3. The highest BCUT2D eigenvalue weighted by atomic mass is 16.4. The van der Waals surface area contributed by atoms with Crippen LogP contribution in [0.15, 0.2) is 65.5 Å². The van der Waals surface area contributed by atoms with Crippen molar-refractivity contribution in [3.05, 3.63) is 89.3 Å². The second-order valence-corrected chi connectivity index (χ2v) is 7.50. The predicted molar refractivity (Wildman–Crippen MR) is 115 cm³/mol. The van der Waals surface area contributed by atoms with E-state index in [2.05, 4.69) is 67.7 Å². The number of hydrogen-bond acceptors (Lipinski definition) is 6. The molecule has 148 valence electrons. The van der Waals surface area contributed by atoms with Crippen molar-refractivity contribution in [3.63, 3.8) is 0 Å². The molecular formula is C24H21N5O. The first-order chi connectivity index (χ1) is 14.6. The van der Waals surface area contributed by atoms with Gasteiger partial charge in [-0.15, -0.1) is 10.2 Å². The summed E-state index contributed by atoms with van der Waals surface area (Å²) in [7, 11) is 0. The zero-order valence-corrected chi connectivity index (χ0v) is 16.9. The number of nitrogens with zero attached hydrogens (tertiary/aromatic N) is 5. The molecule has 4 heterocycles. The Kier molecular flexibility index (Phi) is 4.59. The van der Waals surface area contributed by atoms with Crippen LogP contribution in [0.5, 0.6) is 0 Å². The lowest BCUT2D eigenvalue weighted by Crippen LogP contribution is -2.19. The highest BCUT2D eigenvalue weighted by molar-refractivity contribution is 5.64. The Morgan fingerprint density at radius 2 is 1.83 bits per heavy atom. The second-order valence-electron chi connectivity index (χ2n) is 7.50. The van der Waals surface area contributed by atoms with E-state index in [-0.39, 0.29) is 0 Å². The molecule has 4 aromatic rings. The maximum absolute atomic E-state index is 5.49. The van der Waals surface area contributed by atoms with Gasteiger partial charge < -0.3 is 9.32 Å². The van der Waals surface area contributed by atoms with E-state index in [9.17, 15) is 0 Å². The zero-order chi connectivity index (χ0) is 20.5. The molecule has 0 spiro atoms. The number of hydrogen-bond donors (Lipinski definition) is 0. The molecule has 3 aromatic heterocycles. The molecule has 0 aliphatic carbocycles. The van der Waals surface area contributed by atoms with Gasteiger partial charge in [0.05, 0.1) is 0 Å². The van der Waals surface area contributed by atoms with Crippen molar-refractivity contribution in [1.82, 2.24) is 25.1 Å². The van der Waals surface area contributed by atoms with E-state index in [1.54, 1.807) is 6.92 Å². The molecule has 1 aliphatic heterocycles. The van der Waals surface area contributed by atoms with Gasteiger partial charge in [0.25, 0.3) is 5.89 Å². The largest absolute Gasteiger partial charge is 0.420 e. The van der Waals surface area contributed by atoms with Crippen LogP contribution in [0, 0.1) is 13.8 Å². The van der Waals surface area contributed by atoms with Gasteiger partial charge >= 0.3 is 0 Å². The topological polar surface area (TPSA) is 67.9 Å². The van der Waals surface area contributed by atoms with Crippen molar-refractivity contribution in [3.8, 4) is 22.7 Å². The molecule has 1 aliphatic rings. The number of pyridine rings is 2. The molecule has 5 rings (SSSR count). The number of aromatic nitrogens is 4. The molecule has 30 heavy (non-hydrogen) atoms. The highest BCUT2D eigenvalue weighted by Crippen LogP contribution is 2.26. The first-order valence-corrected chi connectivity index (χ1v) is 9.88. The molecular weight excluding hydrogens is 374 g/mol. The van der Waals surface area contributed by atoms with E-state index in [4.69, 9.17) is 4.42 Å². The third-order valence-electron chi connectivity index (χ3n) is 5.18. The van der Waals surface area contributed by atoms with E-state index in [0.717, 1.165) is 24.3 Å². The van der Waals surface area contributed by atoms with Crippen molar-refractivity contribution in [1.29, 1.82) is 0 Å². The zero-order valence-electron chi connectivity index (χ0n) is 16.9. The summed E-state index contributed by atoms with van der Waals surface area (Å²) in [4.78, 5) is 11.1. The van der Waals surface area contributed by atoms with E-state index >= 15 is 0 Å². The lowest BCUT2D eigenvalue weighted by atomic mass is 10.0. The molecule has 0 radical (unpaired) electrons. The normalized spacial score (nSPS) is 12.8. The average molecular weight is 395 g/mol. The van der Waals surface area contributed by atoms with E-state index in [1.165, 1.54) is 22.3 Å². The highest BCUT2D eigenvalue weighted by Gasteiger charge is 2.15. The SMILES string of the molecule is Cc1cc(-c2ccc(CN3C=Cc4cc(-c5nnc(C)o5)ncc4C3)cc2)ccn1. The van der Waals surface area contributed by atoms with Gasteiger partial charge in [-0.3, -0.25) is 9.97 Å². The van der Waals surface area contributed by atoms with Gasteiger partial charge in [0, 0.05) is 44.3 Å². The van der Waals surface area contributed by atoms with E-state index in [1.807, 2.05) is 31.5 Å². The van der Waals surface area contributed by atoms with Crippen LogP contribution in [-0.4, -0.2) is 25.1 Å². The van der Waals surface area contributed by atoms with Gasteiger partial charge in [0.1, 0.15) is 5.69 Å². The van der Waals surface area contributed by atoms with Crippen molar-refractivity contribution in [2.45, 2.75) is 26.9 Å². The van der Waals surface area contributed by atoms with Crippen LogP contribution >= 0.6 is 0 Å². The minimum Gasteiger partial charge on any atom is -0.420 e. The van der Waals surface area contributed by atoms with E-state index < -0.39 is 0 Å². The molecule has 6 nitrogen and oxygen atoms in total. The first-order valence-electron chi connectivity index (χ1n) is 9.88. The Bertz CT molecular complexity index is 1230. The summed E-state index contributed by atoms with van der Waals surface area (Å²) in [5, 5.41) is 7.93. The van der Waals surface area contributed by atoms with Crippen molar-refractivity contribution < 1.29 is 4.42 Å². The van der Waals surface area contributed by atoms with Crippen LogP contribution in [0.4, 0.5) is 0 Å². The molecule has 0 bridgehead atoms. The van der Waals surface area contributed by atoms with Gasteiger partial charge in [0.2, 0.25) is 5.89 Å². The molecule has 0 fully saturated rings. The summed E-state index contributed by atoms with van der Waals surface area (Å²) in [5.41, 5.74) is 7.71. The fourth-order valence-electron chi connectivity index (χ4n) is 3.63. The summed E-state index contributed by atoms with van der Waals surface area (Å²) < 4.78 is 5.49. The fraction of sp³-hybridized carbons (Fsp3) is 0.167. The van der Waals surface area contributed by atoms with Crippen LogP contribution in [-0.2, 0) is 13.1 Å². The monoisotopic (exact) mass is 395 g/mol. The minimum atomic E-state index is 0.454. The van der Waals surface area contributed by atoms with Gasteiger partial charge in [0.15, 0.2) is 0 Å². The quantitative estimate of drug-likeness (QED) is 0.495. The Balaban J connectivity index is 1.29. The lowest BCUT2D eigenvalue weighted by molar-refractivity contribution is 0.359. The van der Waals surface area contributed by atoms with Crippen LogP contribution in [0.1, 0.15) is 28.3 Å². The third-order valence-corrected chi connectivity index (χ3v) is 5.18. The molecule has 6 heteroatoms. The van der Waals surface area contributed by atoms with Crippen LogP contribution in [0.3, 0.4) is 0 Å². The smallest absolute Gasteiger partial charge is 0.266 e. The summed E-state index contributed by atoms with van der Waals surface area (Å²) in [5.74, 6) is 0.993. The van der Waals surface area contributed by atoms with Gasteiger partial charge in [-0.25, -0.2) is 0 Å². The molecule has 0 atom stereocenters. The number of aryl methyl sites for hydroxylation is 2. The molecule has 0 amide bonds. The molecule has 1 aromatic carbocycles. The molecule has 0 unspecified atom stereocenters. The minimum absolute atomic E-state index is 0.454. The Morgan fingerprint density at radius 3 is 2.60 bits per heavy atom. The predicted octanol–water partition coefficient (Wildman–Crippen LogP) is 4.80. The van der Waals surface area contributed by atoms with Gasteiger partial charge in [-0.05, 0) is 59.0 Å². The average Bonchev–Trinajstić information content (AvgIpc) is 3.20. The molecule has 0 N–H and O–H groups in total. The number of fused-ring (bicyclic) bond motifs is 1. The van der Waals surface area contributed by atoms with Crippen LogP contribution in [0.25, 0.3) is 28.8 Å². The summed E-state index contributed by atoms with van der Waals surface area (Å²) in [6.45, 7) is 5.44. The Hall–Kier alpha value is -3.80. The van der Waals surface area contributed by atoms with Crippen molar-refractivity contribution in [2.24, 2.45) is 0 Å². The summed E-state index contributed by atoms with van der Waals surface area (Å²) in [6.07, 6.45) is 8.00. The van der Waals surface area contributed by atoms with Crippen LogP contribution < -0.4 is 0 Å². The number of benzene rings is 1. The Labute approximate surface area is 174 Å². The summed E-state index contributed by atoms with van der Waals surface area (Å²) in [6, 6.07) is 14.9. The maximum Gasteiger partial charge on any atom is 0.266 e. The van der Waals surface area contributed by atoms with Gasteiger partial charge in [-0.2, -0.15) is 0 Å². The molecule has 0 saturated heterocycles. The number of rotatable bonds is 4.